The molecule has 0 radical (unpaired) electrons. The van der Waals surface area contributed by atoms with Gasteiger partial charge in [0.15, 0.2) is 0 Å². The molecule has 0 aliphatic heterocycles. The predicted octanol–water partition coefficient (Wildman–Crippen LogP) is 2.94. The first-order chi connectivity index (χ1) is 9.56. The van der Waals surface area contributed by atoms with Gasteiger partial charge in [0.2, 0.25) is 5.91 Å². The molecule has 1 aromatic carbocycles. The van der Waals surface area contributed by atoms with Crippen LogP contribution in [0.1, 0.15) is 32.1 Å². The topological polar surface area (TPSA) is 72.2 Å². The van der Waals surface area contributed by atoms with Crippen molar-refractivity contribution in [3.05, 3.63) is 23.2 Å². The molecule has 0 saturated heterocycles. The number of amides is 1. The van der Waals surface area contributed by atoms with Gasteiger partial charge in [0.05, 0.1) is 11.4 Å². The maximum atomic E-state index is 12.1. The second-order valence-electron chi connectivity index (χ2n) is 5.06. The van der Waals surface area contributed by atoms with E-state index < -0.39 is 10.8 Å². The Hall–Kier alpha value is -1.07. The fourth-order valence-electron chi connectivity index (χ4n) is 2.40. The number of hydrogen-bond acceptors (Lipinski definition) is 3. The minimum atomic E-state index is -1.11. The van der Waals surface area contributed by atoms with Gasteiger partial charge in [0.1, 0.15) is 5.75 Å². The van der Waals surface area contributed by atoms with E-state index in [1.165, 1.54) is 6.42 Å². The third-order valence-corrected chi connectivity index (χ3v) is 5.48. The Morgan fingerprint density at radius 2 is 2.05 bits per heavy atom. The van der Waals surface area contributed by atoms with Gasteiger partial charge >= 0.3 is 0 Å². The minimum Gasteiger partial charge on any atom is -0.397 e. The van der Waals surface area contributed by atoms with Crippen molar-refractivity contribution in [3.8, 4) is 0 Å². The highest BCUT2D eigenvalue weighted by atomic mass is 35.5. The number of benzene rings is 1. The molecule has 4 nitrogen and oxygen atoms in total. The molecule has 1 atom stereocenters. The summed E-state index contributed by atoms with van der Waals surface area (Å²) in [7, 11) is -1.11. The third-order valence-electron chi connectivity index (χ3n) is 3.49. The number of hydrogen-bond donors (Lipinski definition) is 2. The van der Waals surface area contributed by atoms with Crippen molar-refractivity contribution in [1.82, 2.24) is 0 Å². The molecule has 1 unspecified atom stereocenters. The van der Waals surface area contributed by atoms with Crippen LogP contribution in [0.5, 0.6) is 0 Å². The molecule has 6 heteroatoms. The largest absolute Gasteiger partial charge is 0.397 e. The summed E-state index contributed by atoms with van der Waals surface area (Å²) in [4.78, 5) is 11.9. The van der Waals surface area contributed by atoms with Crippen molar-refractivity contribution in [2.45, 2.75) is 37.4 Å². The Morgan fingerprint density at radius 1 is 1.35 bits per heavy atom. The molecule has 0 spiro atoms. The van der Waals surface area contributed by atoms with E-state index in [9.17, 15) is 9.00 Å². The van der Waals surface area contributed by atoms with E-state index in [0.717, 1.165) is 25.7 Å². The Bertz CT molecular complexity index is 516. The molecule has 2 rings (SSSR count). The van der Waals surface area contributed by atoms with Crippen molar-refractivity contribution in [3.63, 3.8) is 0 Å². The molecule has 20 heavy (non-hydrogen) atoms. The van der Waals surface area contributed by atoms with E-state index in [-0.39, 0.29) is 16.9 Å². The lowest BCUT2D eigenvalue weighted by molar-refractivity contribution is -0.113. The molecular formula is C14H19ClN2O2S. The van der Waals surface area contributed by atoms with E-state index in [0.29, 0.717) is 16.4 Å². The maximum Gasteiger partial charge on any atom is 0.237 e. The monoisotopic (exact) mass is 314 g/mol. The van der Waals surface area contributed by atoms with Crippen LogP contribution in [-0.2, 0) is 15.6 Å². The lowest BCUT2D eigenvalue weighted by Crippen LogP contribution is -2.27. The number of carbonyl (C=O) groups is 1. The smallest absolute Gasteiger partial charge is 0.237 e. The molecule has 0 bridgehead atoms. The van der Waals surface area contributed by atoms with E-state index >= 15 is 0 Å². The van der Waals surface area contributed by atoms with Crippen LogP contribution in [0.15, 0.2) is 18.2 Å². The zero-order chi connectivity index (χ0) is 14.5. The van der Waals surface area contributed by atoms with Crippen LogP contribution < -0.4 is 11.1 Å². The number of nitrogen functional groups attached to an aromatic ring is 1. The van der Waals surface area contributed by atoms with E-state index in [1.54, 1.807) is 18.2 Å². The second kappa shape index (κ2) is 7.09. The molecule has 3 N–H and O–H groups in total. The van der Waals surface area contributed by atoms with Gasteiger partial charge in [-0.15, -0.1) is 0 Å². The lowest BCUT2D eigenvalue weighted by atomic mass is 10.0. The summed E-state index contributed by atoms with van der Waals surface area (Å²) in [5, 5.41) is 3.34. The molecule has 1 aromatic rings. The SMILES string of the molecule is Nc1ccc(Cl)cc1NC(=O)CS(=O)C1CCCCC1. The van der Waals surface area contributed by atoms with Crippen LogP contribution in [0.2, 0.25) is 5.02 Å². The highest BCUT2D eigenvalue weighted by Gasteiger charge is 2.22. The fourth-order valence-corrected chi connectivity index (χ4v) is 4.00. The molecule has 1 fully saturated rings. The van der Waals surface area contributed by atoms with Gasteiger partial charge in [-0.25, -0.2) is 0 Å². The van der Waals surface area contributed by atoms with E-state index in [1.807, 2.05) is 0 Å². The van der Waals surface area contributed by atoms with Crippen LogP contribution >= 0.6 is 11.6 Å². The van der Waals surface area contributed by atoms with Gasteiger partial charge in [-0.1, -0.05) is 30.9 Å². The van der Waals surface area contributed by atoms with Crippen LogP contribution in [-0.4, -0.2) is 21.1 Å². The van der Waals surface area contributed by atoms with Gasteiger partial charge in [-0.2, -0.15) is 0 Å². The predicted molar refractivity (Wildman–Crippen MR) is 84.4 cm³/mol. The standard InChI is InChI=1S/C14H19ClN2O2S/c15-10-6-7-12(16)13(8-10)17-14(18)9-20(19)11-4-2-1-3-5-11/h6-8,11H,1-5,9,16H2,(H,17,18). The van der Waals surface area contributed by atoms with Crippen LogP contribution in [0.25, 0.3) is 0 Å². The maximum absolute atomic E-state index is 12.1. The summed E-state index contributed by atoms with van der Waals surface area (Å²) in [6.45, 7) is 0. The summed E-state index contributed by atoms with van der Waals surface area (Å²) in [6, 6.07) is 4.89. The molecular weight excluding hydrogens is 296 g/mol. The Morgan fingerprint density at radius 3 is 2.75 bits per heavy atom. The number of carbonyl (C=O) groups excluding carboxylic acids is 1. The average molecular weight is 315 g/mol. The first-order valence-corrected chi connectivity index (χ1v) is 8.54. The summed E-state index contributed by atoms with van der Waals surface area (Å²) < 4.78 is 12.1. The Labute approximate surface area is 126 Å². The summed E-state index contributed by atoms with van der Waals surface area (Å²) in [5.41, 5.74) is 6.69. The van der Waals surface area contributed by atoms with Gasteiger partial charge in [-0.3, -0.25) is 9.00 Å². The molecule has 0 aromatic heterocycles. The van der Waals surface area contributed by atoms with Crippen LogP contribution in [0.3, 0.4) is 0 Å². The second-order valence-corrected chi connectivity index (χ2v) is 7.22. The van der Waals surface area contributed by atoms with Crippen molar-refractivity contribution < 1.29 is 9.00 Å². The van der Waals surface area contributed by atoms with E-state index in [4.69, 9.17) is 17.3 Å². The normalized spacial score (nSPS) is 17.6. The Kier molecular flexibility index (Phi) is 5.43. The fraction of sp³-hybridized carbons (Fsp3) is 0.500. The molecule has 110 valence electrons. The summed E-state index contributed by atoms with van der Waals surface area (Å²) in [6.07, 6.45) is 5.34. The molecule has 1 saturated carbocycles. The zero-order valence-corrected chi connectivity index (χ0v) is 12.8. The number of halogens is 1. The van der Waals surface area contributed by atoms with Gasteiger partial charge < -0.3 is 11.1 Å². The Balaban J connectivity index is 1.91. The average Bonchev–Trinajstić information content (AvgIpc) is 2.43. The number of rotatable bonds is 4. The molecule has 1 amide bonds. The van der Waals surface area contributed by atoms with E-state index in [2.05, 4.69) is 5.32 Å². The summed E-state index contributed by atoms with van der Waals surface area (Å²) in [5.74, 6) is -0.251. The van der Waals surface area contributed by atoms with Crippen molar-refractivity contribution in [2.24, 2.45) is 0 Å². The van der Waals surface area contributed by atoms with Gasteiger partial charge in [0, 0.05) is 21.1 Å². The molecule has 1 aliphatic carbocycles. The summed E-state index contributed by atoms with van der Waals surface area (Å²) >= 11 is 5.86. The van der Waals surface area contributed by atoms with Gasteiger partial charge in [-0.05, 0) is 31.0 Å². The highest BCUT2D eigenvalue weighted by Crippen LogP contribution is 2.24. The highest BCUT2D eigenvalue weighted by molar-refractivity contribution is 7.86. The van der Waals surface area contributed by atoms with Crippen LogP contribution in [0.4, 0.5) is 11.4 Å². The number of anilines is 2. The minimum absolute atomic E-state index is 0.0244. The van der Waals surface area contributed by atoms with Crippen LogP contribution in [0, 0.1) is 0 Å². The number of nitrogens with one attached hydrogen (secondary N) is 1. The van der Waals surface area contributed by atoms with Crippen molar-refractivity contribution >= 4 is 39.7 Å². The first kappa shape index (κ1) is 15.3. The first-order valence-electron chi connectivity index (χ1n) is 6.78. The van der Waals surface area contributed by atoms with Crippen molar-refractivity contribution in [1.29, 1.82) is 0 Å². The molecule has 0 heterocycles. The van der Waals surface area contributed by atoms with Crippen molar-refractivity contribution in [2.75, 3.05) is 16.8 Å². The quantitative estimate of drug-likeness (QED) is 0.839. The third kappa shape index (κ3) is 4.21. The lowest BCUT2D eigenvalue weighted by Gasteiger charge is -2.20. The number of nitrogens with two attached hydrogens (primary N) is 1. The molecule has 1 aliphatic rings. The van der Waals surface area contributed by atoms with Gasteiger partial charge in [0.25, 0.3) is 0 Å². The zero-order valence-electron chi connectivity index (χ0n) is 11.2.